The fourth-order valence-electron chi connectivity index (χ4n) is 5.01. The van der Waals surface area contributed by atoms with Crippen LogP contribution >= 0.6 is 0 Å². The van der Waals surface area contributed by atoms with Crippen LogP contribution in [0.15, 0.2) is 54.6 Å². The number of benzene rings is 2. The number of hydrogen-bond acceptors (Lipinski definition) is 4. The molecule has 2 bridgehead atoms. The van der Waals surface area contributed by atoms with Crippen molar-refractivity contribution in [1.82, 2.24) is 4.90 Å². The minimum Gasteiger partial charge on any atom is -0.482 e. The molecule has 29 heavy (non-hydrogen) atoms. The van der Waals surface area contributed by atoms with E-state index in [0.717, 1.165) is 37.2 Å². The third kappa shape index (κ3) is 4.46. The molecule has 0 saturated carbocycles. The first-order valence-electron chi connectivity index (χ1n) is 10.5. The Morgan fingerprint density at radius 2 is 1.76 bits per heavy atom. The van der Waals surface area contributed by atoms with E-state index in [1.54, 1.807) is 12.1 Å². The molecule has 2 aromatic carbocycles. The van der Waals surface area contributed by atoms with E-state index < -0.39 is 11.6 Å². The van der Waals surface area contributed by atoms with Gasteiger partial charge in [-0.3, -0.25) is 0 Å². The SMILES string of the molecule is O=C(O)COc1ccc(CCC(O)(c2ccccc2)C2CN3CCC2CC3)cc1. The summed E-state index contributed by atoms with van der Waals surface area (Å²) in [4.78, 5) is 13.1. The van der Waals surface area contributed by atoms with Crippen molar-refractivity contribution in [3.8, 4) is 5.75 Å². The Kier molecular flexibility index (Phi) is 5.88. The van der Waals surface area contributed by atoms with Crippen LogP contribution in [0.4, 0.5) is 0 Å². The Hall–Kier alpha value is -2.37. The van der Waals surface area contributed by atoms with E-state index in [9.17, 15) is 9.90 Å². The smallest absolute Gasteiger partial charge is 0.341 e. The summed E-state index contributed by atoms with van der Waals surface area (Å²) in [7, 11) is 0. The van der Waals surface area contributed by atoms with Crippen LogP contribution in [0.5, 0.6) is 5.75 Å². The maximum absolute atomic E-state index is 12.0. The van der Waals surface area contributed by atoms with E-state index >= 15 is 0 Å². The van der Waals surface area contributed by atoms with Crippen molar-refractivity contribution in [2.24, 2.45) is 11.8 Å². The molecule has 3 aliphatic rings. The van der Waals surface area contributed by atoms with Gasteiger partial charge in [-0.1, -0.05) is 42.5 Å². The minimum atomic E-state index is -0.987. The molecular weight excluding hydrogens is 366 g/mol. The van der Waals surface area contributed by atoms with Crippen molar-refractivity contribution in [3.63, 3.8) is 0 Å². The number of rotatable bonds is 8. The van der Waals surface area contributed by atoms with Gasteiger partial charge >= 0.3 is 5.97 Å². The lowest BCUT2D eigenvalue weighted by molar-refractivity contribution is -0.139. The van der Waals surface area contributed by atoms with E-state index in [1.165, 1.54) is 12.8 Å². The summed E-state index contributed by atoms with van der Waals surface area (Å²) < 4.78 is 5.21. The number of aliphatic hydroxyl groups is 1. The maximum Gasteiger partial charge on any atom is 0.341 e. The van der Waals surface area contributed by atoms with Gasteiger partial charge in [-0.25, -0.2) is 4.79 Å². The number of piperidine rings is 3. The van der Waals surface area contributed by atoms with Crippen molar-refractivity contribution in [2.75, 3.05) is 26.2 Å². The first kappa shape index (κ1) is 19.9. The number of carbonyl (C=O) groups is 1. The van der Waals surface area contributed by atoms with E-state index in [1.807, 2.05) is 30.3 Å². The normalized spacial score (nSPS) is 25.3. The van der Waals surface area contributed by atoms with Crippen molar-refractivity contribution < 1.29 is 19.7 Å². The standard InChI is InChI=1S/C24H29NO4/c26-23(27)17-29-21-8-6-18(7-9-21)10-13-24(28,20-4-2-1-3-5-20)22-16-25-14-11-19(22)12-15-25/h1-9,19,22,28H,10-17H2,(H,26,27). The van der Waals surface area contributed by atoms with Gasteiger partial charge in [-0.15, -0.1) is 0 Å². The quantitative estimate of drug-likeness (QED) is 0.718. The molecule has 2 N–H and O–H groups in total. The summed E-state index contributed by atoms with van der Waals surface area (Å²) in [5.74, 6) is 0.397. The predicted molar refractivity (Wildman–Crippen MR) is 111 cm³/mol. The fraction of sp³-hybridized carbons (Fsp3) is 0.458. The van der Waals surface area contributed by atoms with Crippen molar-refractivity contribution in [3.05, 3.63) is 65.7 Å². The van der Waals surface area contributed by atoms with Gasteiger partial charge in [-0.2, -0.15) is 0 Å². The molecule has 2 unspecified atom stereocenters. The Morgan fingerprint density at radius 3 is 2.34 bits per heavy atom. The molecule has 0 amide bonds. The topological polar surface area (TPSA) is 70.0 Å². The van der Waals surface area contributed by atoms with Gasteiger partial charge in [0.25, 0.3) is 0 Å². The Bertz CT molecular complexity index is 815. The highest BCUT2D eigenvalue weighted by molar-refractivity contribution is 5.68. The zero-order valence-corrected chi connectivity index (χ0v) is 16.7. The highest BCUT2D eigenvalue weighted by Crippen LogP contribution is 2.45. The summed E-state index contributed by atoms with van der Waals surface area (Å²) >= 11 is 0. The Morgan fingerprint density at radius 1 is 1.07 bits per heavy atom. The summed E-state index contributed by atoms with van der Waals surface area (Å²) in [6.45, 7) is 2.94. The molecule has 5 nitrogen and oxygen atoms in total. The molecule has 2 aromatic rings. The molecular formula is C24H29NO4. The number of aryl methyl sites for hydroxylation is 1. The molecule has 0 spiro atoms. The van der Waals surface area contributed by atoms with Crippen LogP contribution in [0.1, 0.15) is 30.4 Å². The van der Waals surface area contributed by atoms with Gasteiger partial charge in [0.1, 0.15) is 5.75 Å². The van der Waals surface area contributed by atoms with Crippen molar-refractivity contribution in [1.29, 1.82) is 0 Å². The van der Waals surface area contributed by atoms with Gasteiger partial charge in [-0.05, 0) is 68.0 Å². The summed E-state index contributed by atoms with van der Waals surface area (Å²) in [5.41, 5.74) is 1.28. The van der Waals surface area contributed by atoms with Crippen molar-refractivity contribution >= 4 is 5.97 Å². The van der Waals surface area contributed by atoms with Crippen LogP contribution in [0.3, 0.4) is 0 Å². The van der Waals surface area contributed by atoms with Gasteiger partial charge < -0.3 is 19.8 Å². The maximum atomic E-state index is 12.0. The molecule has 5 rings (SSSR count). The van der Waals surface area contributed by atoms with Gasteiger partial charge in [0, 0.05) is 12.5 Å². The lowest BCUT2D eigenvalue weighted by Crippen LogP contribution is -2.55. The second-order valence-electron chi connectivity index (χ2n) is 8.36. The Balaban J connectivity index is 1.50. The van der Waals surface area contributed by atoms with Crippen LogP contribution in [-0.4, -0.2) is 47.3 Å². The molecule has 5 heteroatoms. The fourth-order valence-corrected chi connectivity index (χ4v) is 5.01. The highest BCUT2D eigenvalue weighted by Gasteiger charge is 2.47. The molecule has 154 valence electrons. The van der Waals surface area contributed by atoms with E-state index in [0.29, 0.717) is 18.1 Å². The molecule has 3 heterocycles. The van der Waals surface area contributed by atoms with Crippen LogP contribution < -0.4 is 4.74 Å². The first-order chi connectivity index (χ1) is 14.0. The Labute approximate surface area is 171 Å². The van der Waals surface area contributed by atoms with Gasteiger partial charge in [0.05, 0.1) is 5.60 Å². The number of nitrogens with zero attached hydrogens (tertiary/aromatic N) is 1. The molecule has 3 aliphatic heterocycles. The molecule has 0 aliphatic carbocycles. The summed E-state index contributed by atoms with van der Waals surface area (Å²) in [5, 5.41) is 20.7. The number of carboxylic acids is 1. The van der Waals surface area contributed by atoms with E-state index in [2.05, 4.69) is 17.0 Å². The lowest BCUT2D eigenvalue weighted by Gasteiger charge is -2.51. The molecule has 3 saturated heterocycles. The van der Waals surface area contributed by atoms with Gasteiger partial charge in [0.15, 0.2) is 6.61 Å². The second-order valence-corrected chi connectivity index (χ2v) is 8.36. The van der Waals surface area contributed by atoms with Crippen LogP contribution in [0, 0.1) is 11.8 Å². The number of carboxylic acid groups (broad SMARTS) is 1. The number of fused-ring (bicyclic) bond motifs is 3. The van der Waals surface area contributed by atoms with Crippen LogP contribution in [0.2, 0.25) is 0 Å². The first-order valence-corrected chi connectivity index (χ1v) is 10.5. The number of aliphatic carboxylic acids is 1. The third-order valence-corrected chi connectivity index (χ3v) is 6.62. The average molecular weight is 395 g/mol. The molecule has 0 radical (unpaired) electrons. The monoisotopic (exact) mass is 395 g/mol. The van der Waals surface area contributed by atoms with E-state index in [-0.39, 0.29) is 12.5 Å². The van der Waals surface area contributed by atoms with Crippen molar-refractivity contribution in [2.45, 2.75) is 31.3 Å². The zero-order chi connectivity index (χ0) is 20.3. The molecule has 2 atom stereocenters. The predicted octanol–water partition coefficient (Wildman–Crippen LogP) is 3.31. The molecule has 0 aromatic heterocycles. The van der Waals surface area contributed by atoms with E-state index in [4.69, 9.17) is 9.84 Å². The average Bonchev–Trinajstić information content (AvgIpc) is 2.78. The largest absolute Gasteiger partial charge is 0.482 e. The van der Waals surface area contributed by atoms with Crippen LogP contribution in [0.25, 0.3) is 0 Å². The number of hydrogen-bond donors (Lipinski definition) is 2. The lowest BCUT2D eigenvalue weighted by atomic mass is 9.66. The highest BCUT2D eigenvalue weighted by atomic mass is 16.5. The summed E-state index contributed by atoms with van der Waals surface area (Å²) in [6.07, 6.45) is 3.78. The zero-order valence-electron chi connectivity index (χ0n) is 16.7. The third-order valence-electron chi connectivity index (χ3n) is 6.62. The number of ether oxygens (including phenoxy) is 1. The van der Waals surface area contributed by atoms with Gasteiger partial charge in [0.2, 0.25) is 0 Å². The minimum absolute atomic E-state index is 0.255. The summed E-state index contributed by atoms with van der Waals surface area (Å²) in [6, 6.07) is 17.6. The van der Waals surface area contributed by atoms with Crippen LogP contribution in [-0.2, 0) is 16.8 Å². The molecule has 3 fully saturated rings. The second kappa shape index (κ2) is 8.56.